The standard InChI is InChI=1S/C64H108N2O47/c1-13-27(74)33(80)40(87)57(96-13)95-12-24-50(51(25(55(94)100-24)65-17(5)72)110-58-41(88)34(81)28(75)14(2)97-58)107-56-26(66-18(6)73)52(111-59-42(89)35(82)29(76)15(3)98-59)48(22(10-70)103-56)108-63-46(93)53(112-62-45(92)39(86)47(21(9-69)104-62)106-61-44(91)37(84)31(78)19(7-67)101-61)49(23(11-71)105-63)109-64-54(38(85)32(79)20(8-68)102-64)113-60-43(90)36(83)30(77)16(4)99-60/h13-16,19-64,67-71,74-94H,7-12H2,1-6H3,(H,65,72)(H,66,73)/t13-,14-,15-,16-,19+,20+,21+,22+,23+,24+,25+,26+,27+,28+,29+,30+,31-,32-,33+,34+,35+,36+,37-,38-,39+,40-,41-,42-,43-,44+,45-,46-,47+,48+,49+,50+,51+,52+,53+,54+,55+,56-,57+,58-,59-,60-,61+,62+,63-,64-/m0/s1. The summed E-state index contributed by atoms with van der Waals surface area (Å²) in [6.45, 7) is -0.0403. The summed E-state index contributed by atoms with van der Waals surface area (Å²) in [5.74, 6) is -1.96. The van der Waals surface area contributed by atoms with Gasteiger partial charge in [-0.3, -0.25) is 9.59 Å². The van der Waals surface area contributed by atoms with Crippen LogP contribution in [0.15, 0.2) is 0 Å². The fourth-order valence-electron chi connectivity index (χ4n) is 14.9. The van der Waals surface area contributed by atoms with Gasteiger partial charge in [0.15, 0.2) is 62.9 Å². The molecule has 49 heteroatoms. The molecule has 0 spiro atoms. The summed E-state index contributed by atoms with van der Waals surface area (Å²) in [6.07, 6.45) is -98.2. The lowest BCUT2D eigenvalue weighted by Gasteiger charge is -2.53. The number of hydrogen-bond acceptors (Lipinski definition) is 47. The maximum absolute atomic E-state index is 13.9. The second kappa shape index (κ2) is 39.3. The molecule has 0 aromatic heterocycles. The van der Waals surface area contributed by atoms with Gasteiger partial charge in [0.25, 0.3) is 0 Å². The van der Waals surface area contributed by atoms with Crippen LogP contribution in [-0.4, -0.2) is 491 Å². The van der Waals surface area contributed by atoms with Gasteiger partial charge in [-0.1, -0.05) is 0 Å². The van der Waals surface area contributed by atoms with Crippen LogP contribution >= 0.6 is 0 Å². The third-order valence-electron chi connectivity index (χ3n) is 21.5. The highest BCUT2D eigenvalue weighted by atomic mass is 16.8. The maximum Gasteiger partial charge on any atom is 0.217 e. The summed E-state index contributed by atoms with van der Waals surface area (Å²) in [5, 5.41) is 295. The Bertz CT molecular complexity index is 2970. The highest BCUT2D eigenvalue weighted by Crippen LogP contribution is 2.42. The van der Waals surface area contributed by atoms with Gasteiger partial charge in [-0.2, -0.15) is 0 Å². The van der Waals surface area contributed by atoms with E-state index >= 15 is 0 Å². The van der Waals surface area contributed by atoms with Gasteiger partial charge < -0.3 is 233 Å². The molecule has 0 radical (unpaired) electrons. The molecule has 50 atom stereocenters. The summed E-state index contributed by atoms with van der Waals surface area (Å²) in [6, 6.07) is -4.02. The van der Waals surface area contributed by atoms with Gasteiger partial charge in [-0.25, -0.2) is 0 Å². The lowest BCUT2D eigenvalue weighted by Crippen LogP contribution is -2.72. The Labute approximate surface area is 641 Å². The first-order valence-corrected chi connectivity index (χ1v) is 36.6. The zero-order valence-corrected chi connectivity index (χ0v) is 61.3. The van der Waals surface area contributed by atoms with Crippen molar-refractivity contribution in [1.82, 2.24) is 10.6 Å². The molecule has 10 heterocycles. The number of rotatable bonds is 26. The monoisotopic (exact) mass is 1660 g/mol. The van der Waals surface area contributed by atoms with E-state index in [1.807, 2.05) is 0 Å². The predicted octanol–water partition coefficient (Wildman–Crippen LogP) is -18.4. The average Bonchev–Trinajstić information content (AvgIpc) is 0.762. The zero-order chi connectivity index (χ0) is 83.1. The van der Waals surface area contributed by atoms with E-state index in [4.69, 9.17) is 90.0 Å². The summed E-state index contributed by atoms with van der Waals surface area (Å²) in [5.41, 5.74) is 0. The quantitative estimate of drug-likeness (QED) is 0.0382. The first-order chi connectivity index (χ1) is 53.3. The molecule has 28 N–H and O–H groups in total. The highest BCUT2D eigenvalue weighted by Gasteiger charge is 2.62. The van der Waals surface area contributed by atoms with Crippen LogP contribution in [0.1, 0.15) is 41.5 Å². The Morgan fingerprint density at radius 3 is 0.973 bits per heavy atom. The predicted molar refractivity (Wildman–Crippen MR) is 347 cm³/mol. The van der Waals surface area contributed by atoms with Crippen molar-refractivity contribution in [3.8, 4) is 0 Å². The lowest BCUT2D eigenvalue weighted by molar-refractivity contribution is -0.415. The van der Waals surface area contributed by atoms with Gasteiger partial charge in [-0.15, -0.1) is 0 Å². The van der Waals surface area contributed by atoms with Gasteiger partial charge in [0, 0.05) is 13.8 Å². The molecule has 49 nitrogen and oxygen atoms in total. The second-order valence-electron chi connectivity index (χ2n) is 29.4. The van der Waals surface area contributed by atoms with E-state index in [1.165, 1.54) is 27.7 Å². The number of aliphatic hydroxyl groups is 26. The number of carbonyl (C=O) groups excluding carboxylic acids is 2. The molecule has 10 aliphatic rings. The molecule has 113 heavy (non-hydrogen) atoms. The molecule has 10 rings (SSSR count). The number of nitrogens with one attached hydrogen (secondary N) is 2. The molecule has 656 valence electrons. The molecule has 0 bridgehead atoms. The van der Waals surface area contributed by atoms with E-state index in [0.717, 1.165) is 13.8 Å². The summed E-state index contributed by atoms with van der Waals surface area (Å²) in [4.78, 5) is 27.0. The molecule has 0 aromatic rings. The van der Waals surface area contributed by atoms with Crippen molar-refractivity contribution in [3.05, 3.63) is 0 Å². The summed E-state index contributed by atoms with van der Waals surface area (Å²) < 4.78 is 115. The molecule has 0 aromatic carbocycles. The molecule has 10 fully saturated rings. The van der Waals surface area contributed by atoms with E-state index in [1.54, 1.807) is 0 Å². The topological polar surface area (TPSA) is 760 Å². The van der Waals surface area contributed by atoms with Gasteiger partial charge in [0.1, 0.15) is 220 Å². The molecular formula is C64H108N2O47. The Kier molecular flexibility index (Phi) is 32.2. The van der Waals surface area contributed by atoms with Gasteiger partial charge in [-0.05, 0) is 27.7 Å². The van der Waals surface area contributed by atoms with E-state index in [9.17, 15) is 142 Å². The Balaban J connectivity index is 1.05. The number of carbonyl (C=O) groups is 2. The van der Waals surface area contributed by atoms with Crippen molar-refractivity contribution in [2.24, 2.45) is 0 Å². The van der Waals surface area contributed by atoms with Crippen LogP contribution in [0.2, 0.25) is 0 Å². The van der Waals surface area contributed by atoms with Crippen LogP contribution in [0.3, 0.4) is 0 Å². The molecule has 0 aliphatic carbocycles. The van der Waals surface area contributed by atoms with E-state index in [0.29, 0.717) is 0 Å². The minimum absolute atomic E-state index is 0.911. The van der Waals surface area contributed by atoms with Crippen molar-refractivity contribution in [2.45, 2.75) is 348 Å². The fourth-order valence-corrected chi connectivity index (χ4v) is 14.9. The third-order valence-corrected chi connectivity index (χ3v) is 21.5. The van der Waals surface area contributed by atoms with Crippen LogP contribution < -0.4 is 10.6 Å². The van der Waals surface area contributed by atoms with Crippen LogP contribution in [-0.2, 0) is 99.6 Å². The van der Waals surface area contributed by atoms with Crippen molar-refractivity contribution >= 4 is 11.8 Å². The number of amides is 2. The zero-order valence-electron chi connectivity index (χ0n) is 61.3. The van der Waals surface area contributed by atoms with Gasteiger partial charge in [0.05, 0.1) is 64.1 Å². The van der Waals surface area contributed by atoms with Crippen LogP contribution in [0.5, 0.6) is 0 Å². The minimum atomic E-state index is -2.66. The molecular weight excluding hydrogens is 1550 g/mol. The number of ether oxygens (including phenoxy) is 19. The van der Waals surface area contributed by atoms with Crippen LogP contribution in [0.4, 0.5) is 0 Å². The SMILES string of the molecule is CC(=O)N[C@@H]1[C@@H](O[C@@H]2O[C@@H](C)[C@@H](O)[C@@H](O)[C@@H]2O)[C@H](O[C@@H]2O[C@H](CO)[C@@H](O[C@@H]3O[C@H](CO)[C@@H](O[C@@H]4O[C@H](CO)[C@H](O)[C@H](O)[C@H]4O[C@@H]4O[C@@H](C)[C@@H](O)[C@@H](O)[C@@H]4O)[C@H](O[C@H]4O[C@H](CO)[C@@H](O[C@H]5O[C@H](CO)[C@H](O)[C@H](O)[C@H]5O)[C@H](O)[C@@H]4O)[C@@H]3O)[C@H](O[C@@H]3O[C@@H](C)[C@@H](O)[C@@H](O)[C@@H]3O)[C@H]2NC(C)=O)[C@@H](CO[C@@H]2O[C@@H](C)[C@@H](O)[C@@H](O)[C@@H]2O)O[C@H]1O. The maximum atomic E-state index is 13.9. The number of aliphatic hydroxyl groups excluding tert-OH is 26. The fraction of sp³-hybridized carbons (Fsp3) is 0.969. The molecule has 0 saturated carbocycles. The molecule has 2 amide bonds. The lowest BCUT2D eigenvalue weighted by atomic mass is 9.92. The van der Waals surface area contributed by atoms with Crippen molar-refractivity contribution in [2.75, 3.05) is 39.6 Å². The molecule has 10 aliphatic heterocycles. The van der Waals surface area contributed by atoms with Crippen molar-refractivity contribution in [3.63, 3.8) is 0 Å². The normalized spacial score (nSPS) is 52.8. The van der Waals surface area contributed by atoms with Crippen LogP contribution in [0, 0.1) is 0 Å². The van der Waals surface area contributed by atoms with E-state index in [2.05, 4.69) is 10.6 Å². The largest absolute Gasteiger partial charge is 0.394 e. The highest BCUT2D eigenvalue weighted by molar-refractivity contribution is 5.73. The Morgan fingerprint density at radius 2 is 0.522 bits per heavy atom. The molecule has 0 unspecified atom stereocenters. The first kappa shape index (κ1) is 92.4. The first-order valence-electron chi connectivity index (χ1n) is 36.6. The average molecular weight is 1660 g/mol. The Morgan fingerprint density at radius 1 is 0.248 bits per heavy atom. The number of hydrogen-bond donors (Lipinski definition) is 28. The van der Waals surface area contributed by atoms with Gasteiger partial charge in [0.2, 0.25) is 11.8 Å². The van der Waals surface area contributed by atoms with Gasteiger partial charge >= 0.3 is 0 Å². The van der Waals surface area contributed by atoms with E-state index in [-0.39, 0.29) is 0 Å². The molecule has 10 saturated heterocycles. The minimum Gasteiger partial charge on any atom is -0.394 e. The van der Waals surface area contributed by atoms with E-state index < -0.39 is 358 Å². The third kappa shape index (κ3) is 19.7. The summed E-state index contributed by atoms with van der Waals surface area (Å²) >= 11 is 0. The Hall–Kier alpha value is -2.86. The van der Waals surface area contributed by atoms with Crippen molar-refractivity contribution in [1.29, 1.82) is 0 Å². The second-order valence-corrected chi connectivity index (χ2v) is 29.4. The summed E-state index contributed by atoms with van der Waals surface area (Å²) in [7, 11) is 0. The van der Waals surface area contributed by atoms with Crippen LogP contribution in [0.25, 0.3) is 0 Å². The smallest absolute Gasteiger partial charge is 0.217 e. The van der Waals surface area contributed by atoms with Crippen molar-refractivity contribution < 1.29 is 232 Å².